The number of esters is 1. The molecule has 0 aromatic carbocycles. The highest BCUT2D eigenvalue weighted by Gasteiger charge is 2.43. The Morgan fingerprint density at radius 2 is 2.04 bits per heavy atom. The van der Waals surface area contributed by atoms with E-state index in [9.17, 15) is 9.59 Å². The third-order valence-electron chi connectivity index (χ3n) is 3.35. The highest BCUT2D eigenvalue weighted by atomic mass is 79.9. The van der Waals surface area contributed by atoms with E-state index >= 15 is 0 Å². The first-order chi connectivity index (χ1) is 11.2. The van der Waals surface area contributed by atoms with Crippen LogP contribution in [0.2, 0.25) is 0 Å². The number of halogens is 1. The summed E-state index contributed by atoms with van der Waals surface area (Å²) in [5, 5.41) is 0. The predicted molar refractivity (Wildman–Crippen MR) is 89.7 cm³/mol. The highest BCUT2D eigenvalue weighted by Crippen LogP contribution is 2.26. The van der Waals surface area contributed by atoms with E-state index in [1.165, 1.54) is 12.0 Å². The lowest BCUT2D eigenvalue weighted by Crippen LogP contribution is -2.44. The summed E-state index contributed by atoms with van der Waals surface area (Å²) >= 11 is 3.32. The Hall–Kier alpha value is -1.83. The Labute approximate surface area is 149 Å². The van der Waals surface area contributed by atoms with Gasteiger partial charge in [0.1, 0.15) is 23.5 Å². The minimum Gasteiger partial charge on any atom is -0.487 e. The number of methoxy groups -OCH3 is 1. The van der Waals surface area contributed by atoms with Crippen molar-refractivity contribution in [2.75, 3.05) is 13.7 Å². The van der Waals surface area contributed by atoms with Crippen molar-refractivity contribution in [2.24, 2.45) is 0 Å². The molecule has 1 aliphatic rings. The summed E-state index contributed by atoms with van der Waals surface area (Å²) in [6.45, 7) is 5.56. The van der Waals surface area contributed by atoms with Crippen molar-refractivity contribution < 1.29 is 23.8 Å². The van der Waals surface area contributed by atoms with E-state index in [1.807, 2.05) is 0 Å². The molecule has 8 heteroatoms. The third kappa shape index (κ3) is 4.83. The molecule has 24 heavy (non-hydrogen) atoms. The van der Waals surface area contributed by atoms with Gasteiger partial charge in [-0.05, 0) is 42.8 Å². The summed E-state index contributed by atoms with van der Waals surface area (Å²) < 4.78 is 16.8. The van der Waals surface area contributed by atoms with E-state index in [0.29, 0.717) is 12.2 Å². The van der Waals surface area contributed by atoms with Crippen molar-refractivity contribution in [2.45, 2.75) is 44.9 Å². The smallest absolute Gasteiger partial charge is 0.411 e. The van der Waals surface area contributed by atoms with Crippen molar-refractivity contribution >= 4 is 28.0 Å². The van der Waals surface area contributed by atoms with E-state index in [4.69, 9.17) is 14.2 Å². The van der Waals surface area contributed by atoms with Crippen LogP contribution in [-0.4, -0.2) is 53.3 Å². The van der Waals surface area contributed by atoms with Crippen LogP contribution in [0.1, 0.15) is 27.2 Å². The number of hydrogen-bond acceptors (Lipinski definition) is 6. The van der Waals surface area contributed by atoms with E-state index in [-0.39, 0.29) is 12.6 Å². The molecule has 0 aliphatic carbocycles. The summed E-state index contributed by atoms with van der Waals surface area (Å²) in [6, 6.07) is 1.05. The minimum atomic E-state index is -0.727. The lowest BCUT2D eigenvalue weighted by molar-refractivity contribution is -0.145. The lowest BCUT2D eigenvalue weighted by Gasteiger charge is -2.27. The second-order valence-electron chi connectivity index (χ2n) is 6.49. The van der Waals surface area contributed by atoms with Gasteiger partial charge in [-0.3, -0.25) is 9.88 Å². The fourth-order valence-corrected chi connectivity index (χ4v) is 2.76. The van der Waals surface area contributed by atoms with E-state index < -0.39 is 23.7 Å². The second-order valence-corrected chi connectivity index (χ2v) is 7.40. The Balaban J connectivity index is 2.11. The number of carbonyl (C=O) groups is 2. The molecule has 1 aromatic heterocycles. The zero-order valence-corrected chi connectivity index (χ0v) is 15.7. The number of nitrogens with zero attached hydrogens (tertiary/aromatic N) is 2. The molecule has 2 heterocycles. The maximum atomic E-state index is 12.4. The van der Waals surface area contributed by atoms with Gasteiger partial charge in [-0.25, -0.2) is 9.59 Å². The van der Waals surface area contributed by atoms with E-state index in [1.54, 1.807) is 39.2 Å². The number of rotatable bonds is 3. The van der Waals surface area contributed by atoms with Crippen molar-refractivity contribution in [3.63, 3.8) is 0 Å². The standard InChI is InChI=1S/C16H21BrN2O5/c1-16(2,3)24-15(21)19-9-12(6-13(19)14(20)22-4)23-11-5-10(17)7-18-8-11/h5,7-8,12-13H,6,9H2,1-4H3/t12-,13+/m1/s1. The molecule has 0 N–H and O–H groups in total. The minimum absolute atomic E-state index is 0.237. The summed E-state index contributed by atoms with van der Waals surface area (Å²) in [6.07, 6.45) is 2.65. The van der Waals surface area contributed by atoms with Crippen LogP contribution < -0.4 is 4.74 Å². The first-order valence-electron chi connectivity index (χ1n) is 7.54. The van der Waals surface area contributed by atoms with Gasteiger partial charge in [-0.15, -0.1) is 0 Å². The summed E-state index contributed by atoms with van der Waals surface area (Å²) in [5.41, 5.74) is -0.648. The number of carbonyl (C=O) groups excluding carboxylic acids is 2. The van der Waals surface area contributed by atoms with Gasteiger partial charge >= 0.3 is 12.1 Å². The van der Waals surface area contributed by atoms with Crippen LogP contribution in [0.3, 0.4) is 0 Å². The predicted octanol–water partition coefficient (Wildman–Crippen LogP) is 2.77. The fourth-order valence-electron chi connectivity index (χ4n) is 2.41. The molecule has 0 spiro atoms. The molecule has 1 aromatic rings. The molecule has 1 saturated heterocycles. The molecule has 2 rings (SSSR count). The molecule has 0 saturated carbocycles. The van der Waals surface area contributed by atoms with Crippen LogP contribution in [0.15, 0.2) is 22.9 Å². The number of amides is 1. The normalized spacial score (nSPS) is 20.6. The average Bonchev–Trinajstić information content (AvgIpc) is 2.88. The van der Waals surface area contributed by atoms with Gasteiger partial charge in [-0.1, -0.05) is 0 Å². The third-order valence-corrected chi connectivity index (χ3v) is 3.78. The van der Waals surface area contributed by atoms with Crippen LogP contribution in [0, 0.1) is 0 Å². The van der Waals surface area contributed by atoms with Gasteiger partial charge in [-0.2, -0.15) is 0 Å². The first kappa shape index (κ1) is 18.5. The largest absolute Gasteiger partial charge is 0.487 e. The quantitative estimate of drug-likeness (QED) is 0.725. The van der Waals surface area contributed by atoms with Crippen LogP contribution >= 0.6 is 15.9 Å². The van der Waals surface area contributed by atoms with Crippen molar-refractivity contribution in [3.8, 4) is 5.75 Å². The Morgan fingerprint density at radius 1 is 1.33 bits per heavy atom. The SMILES string of the molecule is COC(=O)[C@@H]1C[C@@H](Oc2cncc(Br)c2)CN1C(=O)OC(C)(C)C. The van der Waals surface area contributed by atoms with Crippen LogP contribution in [-0.2, 0) is 14.3 Å². The maximum absolute atomic E-state index is 12.4. The summed E-state index contributed by atoms with van der Waals surface area (Å²) in [5.74, 6) is 0.0726. The van der Waals surface area contributed by atoms with Gasteiger partial charge in [0.2, 0.25) is 0 Å². The number of likely N-dealkylation sites (tertiary alicyclic amines) is 1. The van der Waals surface area contributed by atoms with Gasteiger partial charge < -0.3 is 14.2 Å². The van der Waals surface area contributed by atoms with Crippen LogP contribution in [0.25, 0.3) is 0 Å². The van der Waals surface area contributed by atoms with Crippen molar-refractivity contribution in [1.82, 2.24) is 9.88 Å². The second kappa shape index (κ2) is 7.38. The highest BCUT2D eigenvalue weighted by molar-refractivity contribution is 9.10. The Bertz CT molecular complexity index is 617. The Morgan fingerprint density at radius 3 is 2.62 bits per heavy atom. The van der Waals surface area contributed by atoms with Gasteiger partial charge in [0, 0.05) is 17.1 Å². The molecule has 1 fully saturated rings. The molecule has 7 nitrogen and oxygen atoms in total. The van der Waals surface area contributed by atoms with E-state index in [0.717, 1.165) is 4.47 Å². The maximum Gasteiger partial charge on any atom is 0.411 e. The molecule has 0 unspecified atom stereocenters. The molecule has 132 valence electrons. The Kier molecular flexibility index (Phi) is 5.69. The van der Waals surface area contributed by atoms with Crippen LogP contribution in [0.4, 0.5) is 4.79 Å². The fraction of sp³-hybridized carbons (Fsp3) is 0.562. The van der Waals surface area contributed by atoms with Crippen LogP contribution in [0.5, 0.6) is 5.75 Å². The molecule has 0 bridgehead atoms. The summed E-state index contributed by atoms with van der Waals surface area (Å²) in [4.78, 5) is 29.7. The zero-order valence-electron chi connectivity index (χ0n) is 14.1. The number of aromatic nitrogens is 1. The van der Waals surface area contributed by atoms with Crippen molar-refractivity contribution in [3.05, 3.63) is 22.9 Å². The number of ether oxygens (including phenoxy) is 3. The first-order valence-corrected chi connectivity index (χ1v) is 8.33. The van der Waals surface area contributed by atoms with Gasteiger partial charge in [0.05, 0.1) is 19.9 Å². The lowest BCUT2D eigenvalue weighted by atomic mass is 10.2. The average molecular weight is 401 g/mol. The molecule has 2 atom stereocenters. The number of hydrogen-bond donors (Lipinski definition) is 0. The van der Waals surface area contributed by atoms with E-state index in [2.05, 4.69) is 20.9 Å². The molecule has 1 aliphatic heterocycles. The molecule has 0 radical (unpaired) electrons. The van der Waals surface area contributed by atoms with Gasteiger partial charge in [0.25, 0.3) is 0 Å². The molecular weight excluding hydrogens is 380 g/mol. The summed E-state index contributed by atoms with van der Waals surface area (Å²) in [7, 11) is 1.29. The van der Waals surface area contributed by atoms with Gasteiger partial charge in [0.15, 0.2) is 0 Å². The van der Waals surface area contributed by atoms with Crippen molar-refractivity contribution in [1.29, 1.82) is 0 Å². The topological polar surface area (TPSA) is 78.0 Å². The molecule has 1 amide bonds. The number of pyridine rings is 1. The molecular formula is C16H21BrN2O5. The monoisotopic (exact) mass is 400 g/mol. The zero-order chi connectivity index (χ0) is 17.9.